The van der Waals surface area contributed by atoms with Crippen LogP contribution in [0.25, 0.3) is 0 Å². The van der Waals surface area contributed by atoms with E-state index in [2.05, 4.69) is 5.16 Å². The zero-order chi connectivity index (χ0) is 16.0. The Kier molecular flexibility index (Phi) is 5.83. The molecule has 118 valence electrons. The molecule has 8 heteroatoms. The molecule has 1 unspecified atom stereocenters. The number of oxime groups is 1. The summed E-state index contributed by atoms with van der Waals surface area (Å²) in [5, 5.41) is 11.1. The van der Waals surface area contributed by atoms with Gasteiger partial charge in [-0.15, -0.1) is 0 Å². The molecular weight excluding hydrogens is 289 g/mol. The molecule has 0 aromatic heterocycles. The van der Waals surface area contributed by atoms with Crippen LogP contribution in [-0.4, -0.2) is 30.4 Å². The Labute approximate surface area is 120 Å². The number of nitrogens with two attached hydrogens (primary N) is 1. The molecule has 1 aromatic rings. The van der Waals surface area contributed by atoms with E-state index in [1.165, 1.54) is 6.07 Å². The summed E-state index contributed by atoms with van der Waals surface area (Å²) in [6.45, 7) is 4.24. The summed E-state index contributed by atoms with van der Waals surface area (Å²) in [7, 11) is 0. The minimum absolute atomic E-state index is 0.0315. The van der Waals surface area contributed by atoms with Crippen LogP contribution in [0.5, 0.6) is 5.75 Å². The summed E-state index contributed by atoms with van der Waals surface area (Å²) in [6.07, 6.45) is -5.05. The normalized spacial score (nSPS) is 14.0. The van der Waals surface area contributed by atoms with E-state index in [0.717, 1.165) is 12.1 Å². The third-order valence-corrected chi connectivity index (χ3v) is 2.57. The van der Waals surface area contributed by atoms with Crippen molar-refractivity contribution in [3.63, 3.8) is 0 Å². The second-order valence-corrected chi connectivity index (χ2v) is 4.28. The first-order valence-corrected chi connectivity index (χ1v) is 6.23. The summed E-state index contributed by atoms with van der Waals surface area (Å²) in [4.78, 5) is 0. The third-order valence-electron chi connectivity index (χ3n) is 2.57. The highest BCUT2D eigenvalue weighted by molar-refractivity contribution is 5.98. The summed E-state index contributed by atoms with van der Waals surface area (Å²) >= 11 is 0. The van der Waals surface area contributed by atoms with Crippen molar-refractivity contribution in [1.82, 2.24) is 0 Å². The number of nitrogens with zero attached hydrogens (tertiary/aromatic N) is 1. The van der Waals surface area contributed by atoms with Gasteiger partial charge in [0.25, 0.3) is 0 Å². The van der Waals surface area contributed by atoms with Crippen LogP contribution in [0.4, 0.5) is 13.2 Å². The second kappa shape index (κ2) is 7.16. The Balaban J connectivity index is 3.05. The minimum Gasteiger partial charge on any atom is -0.488 e. The van der Waals surface area contributed by atoms with E-state index in [1.54, 1.807) is 13.8 Å². The summed E-state index contributed by atoms with van der Waals surface area (Å²) < 4.78 is 49.5. The molecule has 0 spiro atoms. The maximum absolute atomic E-state index is 13.0. The predicted octanol–water partition coefficient (Wildman–Crippen LogP) is 2.60. The van der Waals surface area contributed by atoms with Crippen LogP contribution >= 0.6 is 0 Å². The molecule has 0 saturated carbocycles. The fourth-order valence-electron chi connectivity index (χ4n) is 1.66. The van der Waals surface area contributed by atoms with Crippen molar-refractivity contribution in [3.8, 4) is 5.75 Å². The quantitative estimate of drug-likeness (QED) is 0.366. The zero-order valence-corrected chi connectivity index (χ0v) is 11.6. The monoisotopic (exact) mass is 306 g/mol. The van der Waals surface area contributed by atoms with E-state index in [9.17, 15) is 13.2 Å². The molecule has 0 bridgehead atoms. The molecule has 0 aliphatic carbocycles. The first-order valence-electron chi connectivity index (χ1n) is 6.23. The molecule has 0 fully saturated rings. The molecule has 5 nitrogen and oxygen atoms in total. The van der Waals surface area contributed by atoms with Gasteiger partial charge in [-0.1, -0.05) is 5.16 Å². The van der Waals surface area contributed by atoms with Gasteiger partial charge in [-0.05, 0) is 32.0 Å². The highest BCUT2D eigenvalue weighted by atomic mass is 19.4. The van der Waals surface area contributed by atoms with Crippen molar-refractivity contribution in [3.05, 3.63) is 29.3 Å². The smallest absolute Gasteiger partial charge is 0.417 e. The predicted molar refractivity (Wildman–Crippen MR) is 70.5 cm³/mol. The van der Waals surface area contributed by atoms with Crippen LogP contribution < -0.4 is 10.5 Å². The van der Waals surface area contributed by atoms with Crippen molar-refractivity contribution in [2.24, 2.45) is 10.9 Å². The van der Waals surface area contributed by atoms with Gasteiger partial charge in [0, 0.05) is 12.2 Å². The zero-order valence-electron chi connectivity index (χ0n) is 11.6. The highest BCUT2D eigenvalue weighted by Gasteiger charge is 2.35. The van der Waals surface area contributed by atoms with E-state index in [-0.39, 0.29) is 12.4 Å². The van der Waals surface area contributed by atoms with Gasteiger partial charge >= 0.3 is 6.18 Å². The first kappa shape index (κ1) is 17.1. The van der Waals surface area contributed by atoms with Crippen LogP contribution in [0.3, 0.4) is 0 Å². The van der Waals surface area contributed by atoms with Gasteiger partial charge in [-0.2, -0.15) is 13.2 Å². The number of benzene rings is 1. The molecule has 0 aliphatic rings. The molecule has 1 aromatic carbocycles. The van der Waals surface area contributed by atoms with Crippen molar-refractivity contribution in [1.29, 1.82) is 0 Å². The number of rotatable bonds is 6. The number of amidine groups is 1. The lowest BCUT2D eigenvalue weighted by Crippen LogP contribution is -2.22. The molecule has 21 heavy (non-hydrogen) atoms. The maximum atomic E-state index is 13.0. The van der Waals surface area contributed by atoms with Crippen molar-refractivity contribution >= 4 is 5.84 Å². The summed E-state index contributed by atoms with van der Waals surface area (Å²) in [5.41, 5.74) is 3.81. The van der Waals surface area contributed by atoms with Gasteiger partial charge in [-0.25, -0.2) is 0 Å². The first-order chi connectivity index (χ1) is 9.79. The van der Waals surface area contributed by atoms with Gasteiger partial charge in [0.1, 0.15) is 11.9 Å². The van der Waals surface area contributed by atoms with Gasteiger partial charge < -0.3 is 20.4 Å². The van der Waals surface area contributed by atoms with Crippen LogP contribution in [0.1, 0.15) is 25.0 Å². The molecule has 0 radical (unpaired) electrons. The van der Waals surface area contributed by atoms with Gasteiger partial charge in [-0.3, -0.25) is 0 Å². The van der Waals surface area contributed by atoms with E-state index >= 15 is 0 Å². The highest BCUT2D eigenvalue weighted by Crippen LogP contribution is 2.34. The number of halogens is 3. The molecule has 1 rings (SSSR count). The van der Waals surface area contributed by atoms with Crippen molar-refractivity contribution < 1.29 is 27.9 Å². The van der Waals surface area contributed by atoms with Crippen LogP contribution in [-0.2, 0) is 10.9 Å². The maximum Gasteiger partial charge on any atom is 0.417 e. The number of hydrogen-bond acceptors (Lipinski definition) is 4. The summed E-state index contributed by atoms with van der Waals surface area (Å²) in [5.74, 6) is -0.583. The molecular formula is C13H17F3N2O3. The van der Waals surface area contributed by atoms with E-state index in [4.69, 9.17) is 20.4 Å². The lowest BCUT2D eigenvalue weighted by Gasteiger charge is -2.17. The lowest BCUT2D eigenvalue weighted by molar-refractivity contribution is -0.137. The lowest BCUT2D eigenvalue weighted by atomic mass is 10.1. The largest absolute Gasteiger partial charge is 0.488 e. The SMILES string of the molecule is CCOCC(C)Oc1ccc(/C(N)=N/O)c(C(F)(F)F)c1. The van der Waals surface area contributed by atoms with Gasteiger partial charge in [0.05, 0.1) is 12.2 Å². The average molecular weight is 306 g/mol. The molecule has 0 amide bonds. The fourth-order valence-corrected chi connectivity index (χ4v) is 1.66. The Bertz CT molecular complexity index is 504. The van der Waals surface area contributed by atoms with Crippen molar-refractivity contribution in [2.75, 3.05) is 13.2 Å². The number of ether oxygens (including phenoxy) is 2. The topological polar surface area (TPSA) is 77.1 Å². The Morgan fingerprint density at radius 1 is 1.43 bits per heavy atom. The standard InChI is InChI=1S/C13H17F3N2O3/c1-3-20-7-8(2)21-9-4-5-10(12(17)18-19)11(6-9)13(14,15)16/h4-6,8,19H,3,7H2,1-2H3,(H2,17,18). The minimum atomic E-state index is -4.65. The van der Waals surface area contributed by atoms with E-state index in [1.807, 2.05) is 0 Å². The van der Waals surface area contributed by atoms with Gasteiger partial charge in [0.2, 0.25) is 0 Å². The van der Waals surface area contributed by atoms with Crippen LogP contribution in [0.15, 0.2) is 23.4 Å². The molecule has 0 heterocycles. The van der Waals surface area contributed by atoms with Crippen LogP contribution in [0.2, 0.25) is 0 Å². The average Bonchev–Trinajstić information content (AvgIpc) is 2.43. The number of hydrogen-bond donors (Lipinski definition) is 2. The Hall–Kier alpha value is -1.96. The molecule has 1 atom stereocenters. The molecule has 0 aliphatic heterocycles. The third kappa shape index (κ3) is 4.82. The summed E-state index contributed by atoms with van der Waals surface area (Å²) in [6, 6.07) is 3.24. The molecule has 0 saturated heterocycles. The van der Waals surface area contributed by atoms with Gasteiger partial charge in [0.15, 0.2) is 5.84 Å². The molecule has 3 N–H and O–H groups in total. The second-order valence-electron chi connectivity index (χ2n) is 4.28. The Morgan fingerprint density at radius 2 is 2.10 bits per heavy atom. The van der Waals surface area contributed by atoms with E-state index in [0.29, 0.717) is 6.61 Å². The fraction of sp³-hybridized carbons (Fsp3) is 0.462. The van der Waals surface area contributed by atoms with E-state index < -0.39 is 29.2 Å². The Morgan fingerprint density at radius 3 is 2.62 bits per heavy atom. The van der Waals surface area contributed by atoms with Crippen LogP contribution in [0, 0.1) is 0 Å². The van der Waals surface area contributed by atoms with Crippen molar-refractivity contribution in [2.45, 2.75) is 26.1 Å². The number of alkyl halides is 3.